The third-order valence-electron chi connectivity index (χ3n) is 10.8. The van der Waals surface area contributed by atoms with Crippen LogP contribution in [0, 0.1) is 0 Å². The minimum absolute atomic E-state index is 0.425. The SMILES string of the molecule is CCCCCCCCCCCCOc1cc(COc2ccc(OC)cc2)cc(OCCCCCCCCCCCC)c1OCCCCCCCCCCCC. The van der Waals surface area contributed by atoms with E-state index in [0.717, 1.165) is 53.6 Å². The summed E-state index contributed by atoms with van der Waals surface area (Å²) < 4.78 is 31.3. The zero-order chi connectivity index (χ0) is 39.3. The van der Waals surface area contributed by atoms with Crippen molar-refractivity contribution in [3.63, 3.8) is 0 Å². The number of unbranched alkanes of at least 4 members (excludes halogenated alkanes) is 27. The molecule has 0 aromatic heterocycles. The van der Waals surface area contributed by atoms with Crippen molar-refractivity contribution in [2.45, 2.75) is 220 Å². The van der Waals surface area contributed by atoms with E-state index in [1.807, 2.05) is 24.3 Å². The van der Waals surface area contributed by atoms with E-state index < -0.39 is 0 Å². The summed E-state index contributed by atoms with van der Waals surface area (Å²) in [4.78, 5) is 0. The average Bonchev–Trinajstić information content (AvgIpc) is 3.21. The maximum absolute atomic E-state index is 6.58. The fourth-order valence-electron chi connectivity index (χ4n) is 7.22. The maximum atomic E-state index is 6.58. The van der Waals surface area contributed by atoms with Crippen LogP contribution in [0.5, 0.6) is 28.7 Å². The van der Waals surface area contributed by atoms with E-state index in [9.17, 15) is 0 Å². The van der Waals surface area contributed by atoms with Gasteiger partial charge in [0.2, 0.25) is 5.75 Å². The molecule has 0 radical (unpaired) electrons. The highest BCUT2D eigenvalue weighted by atomic mass is 16.5. The second-order valence-corrected chi connectivity index (χ2v) is 16.0. The first-order valence-electron chi connectivity index (χ1n) is 23.5. The van der Waals surface area contributed by atoms with Gasteiger partial charge >= 0.3 is 0 Å². The second-order valence-electron chi connectivity index (χ2n) is 16.0. The topological polar surface area (TPSA) is 46.2 Å². The molecule has 0 unspecified atom stereocenters. The molecule has 5 heteroatoms. The minimum atomic E-state index is 0.425. The molecule has 0 atom stereocenters. The first-order valence-corrected chi connectivity index (χ1v) is 23.5. The third kappa shape index (κ3) is 26.1. The highest BCUT2D eigenvalue weighted by Crippen LogP contribution is 2.40. The quantitative estimate of drug-likeness (QED) is 0.0632. The van der Waals surface area contributed by atoms with Crippen molar-refractivity contribution in [3.8, 4) is 28.7 Å². The van der Waals surface area contributed by atoms with Crippen LogP contribution in [-0.2, 0) is 6.61 Å². The van der Waals surface area contributed by atoms with Crippen molar-refractivity contribution in [1.82, 2.24) is 0 Å². The number of methoxy groups -OCH3 is 1. The molecule has 2 aromatic carbocycles. The van der Waals surface area contributed by atoms with Crippen LogP contribution in [0.1, 0.15) is 219 Å². The zero-order valence-electron chi connectivity index (χ0n) is 36.5. The van der Waals surface area contributed by atoms with Crippen LogP contribution in [0.15, 0.2) is 36.4 Å². The predicted molar refractivity (Wildman–Crippen MR) is 236 cm³/mol. The standard InChI is InChI=1S/C50H86O5/c1-5-8-11-14-17-20-23-26-29-32-39-52-48-42-45(44-55-47-37-35-46(51-4)36-38-47)43-49(53-40-33-30-27-24-21-18-15-12-9-6-2)50(48)54-41-34-31-28-25-22-19-16-13-10-7-3/h35-38,42-43H,5-34,39-41,44H2,1-4H3. The number of hydrogen-bond donors (Lipinski definition) is 0. The Hall–Kier alpha value is -2.56. The summed E-state index contributed by atoms with van der Waals surface area (Å²) in [6, 6.07) is 12.0. The van der Waals surface area contributed by atoms with Crippen LogP contribution in [-0.4, -0.2) is 26.9 Å². The summed E-state index contributed by atoms with van der Waals surface area (Å²) in [5.74, 6) is 3.97. The van der Waals surface area contributed by atoms with Gasteiger partial charge in [0.1, 0.15) is 18.1 Å². The van der Waals surface area contributed by atoms with Crippen LogP contribution < -0.4 is 23.7 Å². The molecule has 55 heavy (non-hydrogen) atoms. The van der Waals surface area contributed by atoms with E-state index in [2.05, 4.69) is 32.9 Å². The number of rotatable bonds is 40. The maximum Gasteiger partial charge on any atom is 0.203 e. The Morgan fingerprint density at radius 1 is 0.345 bits per heavy atom. The Morgan fingerprint density at radius 2 is 0.655 bits per heavy atom. The lowest BCUT2D eigenvalue weighted by Crippen LogP contribution is -2.08. The minimum Gasteiger partial charge on any atom is -0.497 e. The third-order valence-corrected chi connectivity index (χ3v) is 10.8. The van der Waals surface area contributed by atoms with Crippen molar-refractivity contribution in [1.29, 1.82) is 0 Å². The average molecular weight is 767 g/mol. The molecular formula is C50H86O5. The lowest BCUT2D eigenvalue weighted by molar-refractivity contribution is 0.232. The summed E-state index contributed by atoms with van der Waals surface area (Å²) in [5, 5.41) is 0. The van der Waals surface area contributed by atoms with Gasteiger partial charge in [0.15, 0.2) is 11.5 Å². The van der Waals surface area contributed by atoms with E-state index in [-0.39, 0.29) is 0 Å². The van der Waals surface area contributed by atoms with Gasteiger partial charge in [-0.2, -0.15) is 0 Å². The van der Waals surface area contributed by atoms with Crippen molar-refractivity contribution >= 4 is 0 Å². The molecule has 0 fully saturated rings. The fraction of sp³-hybridized carbons (Fsp3) is 0.760. The second kappa shape index (κ2) is 35.8. The smallest absolute Gasteiger partial charge is 0.203 e. The molecule has 0 saturated carbocycles. The summed E-state index contributed by atoms with van der Waals surface area (Å²) in [7, 11) is 1.68. The van der Waals surface area contributed by atoms with Gasteiger partial charge in [-0.15, -0.1) is 0 Å². The van der Waals surface area contributed by atoms with Crippen LogP contribution in [0.4, 0.5) is 0 Å². The molecule has 0 heterocycles. The van der Waals surface area contributed by atoms with Gasteiger partial charge in [-0.1, -0.05) is 194 Å². The van der Waals surface area contributed by atoms with Gasteiger partial charge in [-0.25, -0.2) is 0 Å². The molecule has 0 bridgehead atoms. The van der Waals surface area contributed by atoms with Gasteiger partial charge in [-0.3, -0.25) is 0 Å². The van der Waals surface area contributed by atoms with Crippen LogP contribution in [0.25, 0.3) is 0 Å². The molecule has 2 rings (SSSR count). The number of ether oxygens (including phenoxy) is 5. The van der Waals surface area contributed by atoms with E-state index >= 15 is 0 Å². The molecular weight excluding hydrogens is 681 g/mol. The van der Waals surface area contributed by atoms with Gasteiger partial charge < -0.3 is 23.7 Å². The molecule has 0 amide bonds. The van der Waals surface area contributed by atoms with Crippen molar-refractivity contribution in [2.75, 3.05) is 26.9 Å². The molecule has 316 valence electrons. The first-order chi connectivity index (χ1) is 27.2. The van der Waals surface area contributed by atoms with Crippen LogP contribution in [0.2, 0.25) is 0 Å². The molecule has 0 spiro atoms. The summed E-state index contributed by atoms with van der Waals surface area (Å²) in [5.41, 5.74) is 1.03. The van der Waals surface area contributed by atoms with Crippen molar-refractivity contribution in [3.05, 3.63) is 42.0 Å². The van der Waals surface area contributed by atoms with E-state index in [1.54, 1.807) is 7.11 Å². The highest BCUT2D eigenvalue weighted by molar-refractivity contribution is 5.54. The van der Waals surface area contributed by atoms with Crippen molar-refractivity contribution < 1.29 is 23.7 Å². The molecule has 0 N–H and O–H groups in total. The monoisotopic (exact) mass is 767 g/mol. The van der Waals surface area contributed by atoms with Crippen molar-refractivity contribution in [2.24, 2.45) is 0 Å². The Morgan fingerprint density at radius 3 is 1.00 bits per heavy atom. The molecule has 0 aliphatic carbocycles. The van der Waals surface area contributed by atoms with Gasteiger partial charge in [-0.05, 0) is 61.2 Å². The zero-order valence-corrected chi connectivity index (χ0v) is 36.5. The Balaban J connectivity index is 2.01. The lowest BCUT2D eigenvalue weighted by Gasteiger charge is -2.19. The van der Waals surface area contributed by atoms with Crippen LogP contribution >= 0.6 is 0 Å². The molecule has 0 aliphatic rings. The Bertz CT molecular complexity index is 1070. The highest BCUT2D eigenvalue weighted by Gasteiger charge is 2.17. The molecule has 0 saturated heterocycles. The lowest BCUT2D eigenvalue weighted by atomic mass is 10.1. The summed E-state index contributed by atoms with van der Waals surface area (Å²) in [6.45, 7) is 9.34. The fourth-order valence-corrected chi connectivity index (χ4v) is 7.22. The number of hydrogen-bond acceptors (Lipinski definition) is 5. The predicted octanol–water partition coefficient (Wildman–Crippen LogP) is 16.2. The van der Waals surface area contributed by atoms with E-state index in [1.165, 1.54) is 173 Å². The molecule has 0 aliphatic heterocycles. The van der Waals surface area contributed by atoms with Gasteiger partial charge in [0.05, 0.1) is 26.9 Å². The van der Waals surface area contributed by atoms with Gasteiger partial charge in [0.25, 0.3) is 0 Å². The number of benzene rings is 2. The van der Waals surface area contributed by atoms with Gasteiger partial charge in [0, 0.05) is 0 Å². The van der Waals surface area contributed by atoms with E-state index in [0.29, 0.717) is 26.4 Å². The summed E-state index contributed by atoms with van der Waals surface area (Å²) in [6.07, 6.45) is 39.2. The van der Waals surface area contributed by atoms with E-state index in [4.69, 9.17) is 23.7 Å². The first kappa shape index (κ1) is 48.6. The Kier molecular flexibility index (Phi) is 31.6. The normalized spacial score (nSPS) is 11.2. The molecule has 5 nitrogen and oxygen atoms in total. The largest absolute Gasteiger partial charge is 0.497 e. The Labute approximate surface area is 340 Å². The van der Waals surface area contributed by atoms with Crippen LogP contribution in [0.3, 0.4) is 0 Å². The molecule has 2 aromatic rings. The summed E-state index contributed by atoms with van der Waals surface area (Å²) >= 11 is 0.